The summed E-state index contributed by atoms with van der Waals surface area (Å²) in [6.07, 6.45) is 3.21. The first-order valence-electron chi connectivity index (χ1n) is 10.2. The predicted molar refractivity (Wildman–Crippen MR) is 130 cm³/mol. The number of hydrogen-bond acceptors (Lipinski definition) is 4. The van der Waals surface area contributed by atoms with Crippen molar-refractivity contribution in [2.75, 3.05) is 0 Å². The van der Waals surface area contributed by atoms with Crippen LogP contribution in [0.25, 0.3) is 0 Å². The van der Waals surface area contributed by atoms with Crippen LogP contribution in [0.3, 0.4) is 0 Å². The molecular formula is C28H18F2N4. The third-order valence-electron chi connectivity index (χ3n) is 4.49. The van der Waals surface area contributed by atoms with Gasteiger partial charge in [0.1, 0.15) is 23.8 Å². The lowest BCUT2D eigenvalue weighted by molar-refractivity contribution is 0.627. The Morgan fingerprint density at radius 3 is 1.24 bits per heavy atom. The Bertz CT molecular complexity index is 1270. The summed E-state index contributed by atoms with van der Waals surface area (Å²) < 4.78 is 25.4. The van der Waals surface area contributed by atoms with Crippen LogP contribution in [-0.2, 0) is 0 Å². The van der Waals surface area contributed by atoms with Crippen molar-refractivity contribution in [1.29, 1.82) is 10.5 Å². The maximum atomic E-state index is 12.7. The van der Waals surface area contributed by atoms with Gasteiger partial charge in [-0.25, -0.2) is 8.78 Å². The van der Waals surface area contributed by atoms with Gasteiger partial charge < -0.3 is 0 Å². The fourth-order valence-corrected chi connectivity index (χ4v) is 2.75. The molecule has 0 saturated heterocycles. The Morgan fingerprint density at radius 2 is 0.882 bits per heavy atom. The first kappa shape index (κ1) is 23.7. The van der Waals surface area contributed by atoms with Gasteiger partial charge in [-0.05, 0) is 59.7 Å². The van der Waals surface area contributed by atoms with Crippen LogP contribution < -0.4 is 0 Å². The summed E-state index contributed by atoms with van der Waals surface area (Å²) in [6.45, 7) is 0. The van der Waals surface area contributed by atoms with E-state index in [-0.39, 0.29) is 11.6 Å². The molecule has 4 rings (SSSR count). The zero-order chi connectivity index (χ0) is 24.2. The summed E-state index contributed by atoms with van der Waals surface area (Å²) in [6, 6.07) is 30.3. The van der Waals surface area contributed by atoms with Gasteiger partial charge in [-0.15, -0.1) is 0 Å². The number of para-hydroxylation sites is 2. The molecule has 0 aromatic heterocycles. The van der Waals surface area contributed by atoms with Gasteiger partial charge in [0.05, 0.1) is 22.5 Å². The van der Waals surface area contributed by atoms with Crippen molar-refractivity contribution in [2.24, 2.45) is 9.98 Å². The maximum Gasteiger partial charge on any atom is 0.123 e. The molecule has 0 N–H and O–H groups in total. The molecule has 6 heteroatoms. The average Bonchev–Trinajstić information content (AvgIpc) is 2.89. The third-order valence-corrected chi connectivity index (χ3v) is 4.49. The lowest BCUT2D eigenvalue weighted by Crippen LogP contribution is -1.82. The predicted octanol–water partition coefficient (Wildman–Crippen LogP) is 6.90. The monoisotopic (exact) mass is 448 g/mol. The van der Waals surface area contributed by atoms with E-state index >= 15 is 0 Å². The minimum absolute atomic E-state index is 0.278. The van der Waals surface area contributed by atoms with E-state index in [4.69, 9.17) is 10.5 Å². The first-order chi connectivity index (χ1) is 16.6. The molecule has 0 saturated carbocycles. The summed E-state index contributed by atoms with van der Waals surface area (Å²) in [5, 5.41) is 17.8. The van der Waals surface area contributed by atoms with Crippen molar-refractivity contribution in [3.8, 4) is 12.1 Å². The van der Waals surface area contributed by atoms with Crippen LogP contribution in [0, 0.1) is 34.3 Å². The molecule has 4 aromatic rings. The molecule has 4 nitrogen and oxygen atoms in total. The van der Waals surface area contributed by atoms with Crippen molar-refractivity contribution < 1.29 is 8.78 Å². The average molecular weight is 448 g/mol. The van der Waals surface area contributed by atoms with Crippen LogP contribution in [0.5, 0.6) is 0 Å². The van der Waals surface area contributed by atoms with Crippen LogP contribution in [0.15, 0.2) is 107 Å². The lowest BCUT2D eigenvalue weighted by Gasteiger charge is -1.96. The van der Waals surface area contributed by atoms with Crippen LogP contribution in [0.1, 0.15) is 22.3 Å². The number of halogens is 2. The Kier molecular flexibility index (Phi) is 8.50. The van der Waals surface area contributed by atoms with E-state index in [0.29, 0.717) is 22.5 Å². The minimum atomic E-state index is -0.278. The molecule has 0 aliphatic rings. The van der Waals surface area contributed by atoms with Crippen molar-refractivity contribution in [1.82, 2.24) is 0 Å². The van der Waals surface area contributed by atoms with Crippen molar-refractivity contribution >= 4 is 23.8 Å². The fraction of sp³-hybridized carbons (Fsp3) is 0. The molecule has 0 heterocycles. The Morgan fingerprint density at radius 1 is 0.529 bits per heavy atom. The number of aliphatic imine (C=N–C) groups is 2. The third kappa shape index (κ3) is 7.05. The second kappa shape index (κ2) is 12.2. The molecule has 0 radical (unpaired) electrons. The maximum absolute atomic E-state index is 12.7. The Balaban J connectivity index is 0.000000191. The largest absolute Gasteiger partial charge is 0.255 e. The van der Waals surface area contributed by atoms with Gasteiger partial charge in [0.2, 0.25) is 0 Å². The summed E-state index contributed by atoms with van der Waals surface area (Å²) in [5.74, 6) is -0.556. The SMILES string of the molecule is N#Cc1ccccc1N=Cc1ccc(F)cc1.N#Cc1ccccc1N=Cc1ccc(F)cc1. The van der Waals surface area contributed by atoms with Gasteiger partial charge in [0.25, 0.3) is 0 Å². The summed E-state index contributed by atoms with van der Waals surface area (Å²) in [4.78, 5) is 8.41. The second-order valence-electron chi connectivity index (χ2n) is 6.88. The van der Waals surface area contributed by atoms with Crippen LogP contribution in [0.4, 0.5) is 20.2 Å². The minimum Gasteiger partial charge on any atom is -0.255 e. The molecule has 4 aromatic carbocycles. The standard InChI is InChI=1S/2C14H9FN2/c2*15-13-7-5-11(6-8-13)10-17-14-4-2-1-3-12(14)9-16/h2*1-8,10H. The van der Waals surface area contributed by atoms with E-state index in [9.17, 15) is 8.78 Å². The fourth-order valence-electron chi connectivity index (χ4n) is 2.75. The molecule has 0 aliphatic heterocycles. The van der Waals surface area contributed by atoms with E-state index < -0.39 is 0 Å². The number of hydrogen-bond donors (Lipinski definition) is 0. The first-order valence-corrected chi connectivity index (χ1v) is 10.2. The molecule has 0 aliphatic carbocycles. The summed E-state index contributed by atoms with van der Waals surface area (Å²) in [5.41, 5.74) is 3.84. The van der Waals surface area contributed by atoms with Crippen LogP contribution >= 0.6 is 0 Å². The normalized spacial score (nSPS) is 10.4. The zero-order valence-electron chi connectivity index (χ0n) is 17.9. The molecule has 0 bridgehead atoms. The van der Waals surface area contributed by atoms with Crippen LogP contribution in [0.2, 0.25) is 0 Å². The Labute approximate surface area is 196 Å². The highest BCUT2D eigenvalue weighted by molar-refractivity contribution is 5.83. The van der Waals surface area contributed by atoms with Gasteiger partial charge in [0, 0.05) is 12.4 Å². The van der Waals surface area contributed by atoms with Gasteiger partial charge in [-0.1, -0.05) is 48.5 Å². The summed E-state index contributed by atoms with van der Waals surface area (Å²) in [7, 11) is 0. The molecule has 0 amide bonds. The van der Waals surface area contributed by atoms with E-state index in [1.165, 1.54) is 24.3 Å². The molecule has 0 spiro atoms. The quantitative estimate of drug-likeness (QED) is 0.319. The van der Waals surface area contributed by atoms with Gasteiger partial charge in [-0.3, -0.25) is 9.98 Å². The van der Waals surface area contributed by atoms with E-state index in [2.05, 4.69) is 22.1 Å². The van der Waals surface area contributed by atoms with Crippen molar-refractivity contribution in [3.63, 3.8) is 0 Å². The zero-order valence-corrected chi connectivity index (χ0v) is 17.9. The second-order valence-corrected chi connectivity index (χ2v) is 6.88. The van der Waals surface area contributed by atoms with Gasteiger partial charge in [-0.2, -0.15) is 10.5 Å². The molecule has 34 heavy (non-hydrogen) atoms. The number of rotatable bonds is 4. The highest BCUT2D eigenvalue weighted by Gasteiger charge is 1.98. The van der Waals surface area contributed by atoms with E-state index in [1.54, 1.807) is 73.1 Å². The molecule has 164 valence electrons. The van der Waals surface area contributed by atoms with Crippen molar-refractivity contribution in [3.05, 3.63) is 131 Å². The van der Waals surface area contributed by atoms with E-state index in [0.717, 1.165) is 11.1 Å². The highest BCUT2D eigenvalue weighted by atomic mass is 19.1. The van der Waals surface area contributed by atoms with Gasteiger partial charge in [0.15, 0.2) is 0 Å². The molecule has 0 fully saturated rings. The summed E-state index contributed by atoms with van der Waals surface area (Å²) >= 11 is 0. The van der Waals surface area contributed by atoms with Crippen molar-refractivity contribution in [2.45, 2.75) is 0 Å². The van der Waals surface area contributed by atoms with Crippen LogP contribution in [-0.4, -0.2) is 12.4 Å². The topological polar surface area (TPSA) is 72.3 Å². The van der Waals surface area contributed by atoms with Gasteiger partial charge >= 0.3 is 0 Å². The lowest BCUT2D eigenvalue weighted by atomic mass is 10.2. The molecule has 0 unspecified atom stereocenters. The highest BCUT2D eigenvalue weighted by Crippen LogP contribution is 2.18. The smallest absolute Gasteiger partial charge is 0.123 e. The Hall–Kier alpha value is -4.94. The van der Waals surface area contributed by atoms with E-state index in [1.807, 2.05) is 12.1 Å². The number of benzene rings is 4. The number of nitrogens with zero attached hydrogens (tertiary/aromatic N) is 4. The molecular weight excluding hydrogens is 430 g/mol. The number of nitriles is 2. The molecule has 0 atom stereocenters.